The van der Waals surface area contributed by atoms with Crippen molar-refractivity contribution in [1.82, 2.24) is 0 Å². The van der Waals surface area contributed by atoms with Crippen molar-refractivity contribution >= 4 is 11.6 Å². The van der Waals surface area contributed by atoms with Crippen LogP contribution >= 0.6 is 11.6 Å². The summed E-state index contributed by atoms with van der Waals surface area (Å²) < 4.78 is 12.9. The van der Waals surface area contributed by atoms with Gasteiger partial charge >= 0.3 is 0 Å². The minimum atomic E-state index is -0.579. The van der Waals surface area contributed by atoms with Crippen molar-refractivity contribution in [3.63, 3.8) is 0 Å². The number of benzene rings is 1. The molecule has 0 fully saturated rings. The highest BCUT2D eigenvalue weighted by Crippen LogP contribution is 2.27. The third-order valence-electron chi connectivity index (χ3n) is 3.15. The second kappa shape index (κ2) is 8.49. The maximum Gasteiger partial charge on any atom is 0.124 e. The number of halogens is 2. The van der Waals surface area contributed by atoms with Gasteiger partial charge in [0.15, 0.2) is 0 Å². The lowest BCUT2D eigenvalue weighted by atomic mass is 10.0. The molecule has 1 aromatic rings. The number of unbranched alkanes of at least 4 members (excludes halogenated alkanes) is 5. The summed E-state index contributed by atoms with van der Waals surface area (Å²) in [5, 5.41) is 10.3. The maximum absolute atomic E-state index is 12.9. The average molecular weight is 273 g/mol. The number of aliphatic hydroxyl groups excluding tert-OH is 1. The molecule has 0 bridgehead atoms. The van der Waals surface area contributed by atoms with E-state index in [1.165, 1.54) is 37.8 Å². The van der Waals surface area contributed by atoms with Crippen LogP contribution in [0.15, 0.2) is 18.2 Å². The smallest absolute Gasteiger partial charge is 0.124 e. The Hall–Kier alpha value is -0.600. The van der Waals surface area contributed by atoms with Crippen LogP contribution in [0.3, 0.4) is 0 Å². The Labute approximate surface area is 114 Å². The van der Waals surface area contributed by atoms with E-state index < -0.39 is 6.10 Å². The van der Waals surface area contributed by atoms with Gasteiger partial charge in [0.25, 0.3) is 0 Å². The summed E-state index contributed by atoms with van der Waals surface area (Å²) in [7, 11) is 0. The number of rotatable bonds is 8. The summed E-state index contributed by atoms with van der Waals surface area (Å²) in [4.78, 5) is 0. The van der Waals surface area contributed by atoms with Crippen LogP contribution in [0.1, 0.15) is 63.5 Å². The first kappa shape index (κ1) is 15.5. The van der Waals surface area contributed by atoms with Crippen molar-refractivity contribution in [3.05, 3.63) is 34.6 Å². The lowest BCUT2D eigenvalue weighted by molar-refractivity contribution is 0.163. The highest BCUT2D eigenvalue weighted by Gasteiger charge is 2.11. The predicted octanol–water partition coefficient (Wildman–Crippen LogP) is 5.26. The SMILES string of the molecule is CCCCCCCCC(O)c1ccc(F)cc1Cl. The van der Waals surface area contributed by atoms with E-state index in [-0.39, 0.29) is 5.82 Å². The van der Waals surface area contributed by atoms with E-state index in [1.54, 1.807) is 6.07 Å². The number of hydrogen-bond donors (Lipinski definition) is 1. The molecule has 0 heterocycles. The van der Waals surface area contributed by atoms with Crippen molar-refractivity contribution in [1.29, 1.82) is 0 Å². The van der Waals surface area contributed by atoms with Crippen LogP contribution in [0.5, 0.6) is 0 Å². The Kier molecular flexibility index (Phi) is 7.29. The van der Waals surface area contributed by atoms with Gasteiger partial charge in [0.05, 0.1) is 6.10 Å². The zero-order chi connectivity index (χ0) is 13.4. The molecule has 0 radical (unpaired) electrons. The summed E-state index contributed by atoms with van der Waals surface area (Å²) in [6, 6.07) is 4.16. The van der Waals surface area contributed by atoms with Gasteiger partial charge in [-0.15, -0.1) is 0 Å². The first-order valence-corrected chi connectivity index (χ1v) is 7.16. The minimum Gasteiger partial charge on any atom is -0.388 e. The molecule has 3 heteroatoms. The van der Waals surface area contributed by atoms with E-state index in [9.17, 15) is 9.50 Å². The van der Waals surface area contributed by atoms with Gasteiger partial charge in [-0.3, -0.25) is 0 Å². The topological polar surface area (TPSA) is 20.2 Å². The van der Waals surface area contributed by atoms with Gasteiger partial charge in [0.1, 0.15) is 5.82 Å². The lowest BCUT2D eigenvalue weighted by Crippen LogP contribution is -1.99. The quantitative estimate of drug-likeness (QED) is 0.640. The Morgan fingerprint density at radius 3 is 2.50 bits per heavy atom. The van der Waals surface area contributed by atoms with Gasteiger partial charge in [-0.25, -0.2) is 4.39 Å². The summed E-state index contributed by atoms with van der Waals surface area (Å²) in [6.45, 7) is 2.19. The fraction of sp³-hybridized carbons (Fsp3) is 0.600. The van der Waals surface area contributed by atoms with Crippen LogP contribution in [0, 0.1) is 5.82 Å². The largest absolute Gasteiger partial charge is 0.388 e. The van der Waals surface area contributed by atoms with Crippen LogP contribution in [0.2, 0.25) is 5.02 Å². The number of hydrogen-bond acceptors (Lipinski definition) is 1. The van der Waals surface area contributed by atoms with Gasteiger partial charge in [-0.1, -0.05) is 63.1 Å². The van der Waals surface area contributed by atoms with E-state index in [0.717, 1.165) is 12.8 Å². The monoisotopic (exact) mass is 272 g/mol. The van der Waals surface area contributed by atoms with Crippen LogP contribution < -0.4 is 0 Å². The standard InChI is InChI=1S/C15H22ClFO/c1-2-3-4-5-6-7-8-15(18)13-10-9-12(17)11-14(13)16/h9-11,15,18H,2-8H2,1H3. The second-order valence-corrected chi connectivity index (χ2v) is 5.15. The minimum absolute atomic E-state index is 0.313. The third-order valence-corrected chi connectivity index (χ3v) is 3.48. The van der Waals surface area contributed by atoms with Crippen LogP contribution in [-0.4, -0.2) is 5.11 Å². The molecule has 1 unspecified atom stereocenters. The highest BCUT2D eigenvalue weighted by atomic mass is 35.5. The van der Waals surface area contributed by atoms with Crippen LogP contribution in [0.4, 0.5) is 4.39 Å². The molecule has 1 N–H and O–H groups in total. The molecule has 0 spiro atoms. The lowest BCUT2D eigenvalue weighted by Gasteiger charge is -2.12. The molecule has 18 heavy (non-hydrogen) atoms. The average Bonchev–Trinajstić information content (AvgIpc) is 2.33. The van der Waals surface area contributed by atoms with Crippen molar-refractivity contribution in [2.75, 3.05) is 0 Å². The molecule has 1 rings (SSSR count). The molecule has 1 atom stereocenters. The Balaban J connectivity index is 2.29. The molecular formula is C15H22ClFO. The number of aliphatic hydroxyl groups is 1. The maximum atomic E-state index is 12.9. The molecular weight excluding hydrogens is 251 g/mol. The molecule has 0 aliphatic rings. The fourth-order valence-corrected chi connectivity index (χ4v) is 2.34. The Morgan fingerprint density at radius 1 is 1.17 bits per heavy atom. The summed E-state index contributed by atoms with van der Waals surface area (Å²) in [6.07, 6.45) is 7.25. The van der Waals surface area contributed by atoms with Gasteiger partial charge in [0, 0.05) is 5.02 Å². The van der Waals surface area contributed by atoms with Crippen LogP contribution in [-0.2, 0) is 0 Å². The second-order valence-electron chi connectivity index (χ2n) is 4.74. The fourth-order valence-electron chi connectivity index (χ4n) is 2.05. The highest BCUT2D eigenvalue weighted by molar-refractivity contribution is 6.31. The van der Waals surface area contributed by atoms with Gasteiger partial charge in [-0.05, 0) is 24.1 Å². The molecule has 0 aromatic heterocycles. The Morgan fingerprint density at radius 2 is 1.83 bits per heavy atom. The molecule has 1 aromatic carbocycles. The van der Waals surface area contributed by atoms with E-state index in [1.807, 2.05) is 0 Å². The first-order valence-electron chi connectivity index (χ1n) is 6.78. The van der Waals surface area contributed by atoms with E-state index in [2.05, 4.69) is 6.92 Å². The van der Waals surface area contributed by atoms with Crippen molar-refractivity contribution in [2.24, 2.45) is 0 Å². The summed E-state index contributed by atoms with van der Waals surface area (Å²) in [5.41, 5.74) is 0.631. The molecule has 0 aliphatic heterocycles. The van der Waals surface area contributed by atoms with Crippen molar-refractivity contribution < 1.29 is 9.50 Å². The van der Waals surface area contributed by atoms with Crippen LogP contribution in [0.25, 0.3) is 0 Å². The molecule has 0 amide bonds. The third kappa shape index (κ3) is 5.36. The van der Waals surface area contributed by atoms with Gasteiger partial charge < -0.3 is 5.11 Å². The van der Waals surface area contributed by atoms with Gasteiger partial charge in [0.2, 0.25) is 0 Å². The van der Waals surface area contributed by atoms with E-state index in [4.69, 9.17) is 11.6 Å². The molecule has 102 valence electrons. The zero-order valence-corrected chi connectivity index (χ0v) is 11.7. The molecule has 0 saturated carbocycles. The van der Waals surface area contributed by atoms with Crippen molar-refractivity contribution in [2.45, 2.75) is 58.0 Å². The molecule has 1 nitrogen and oxygen atoms in total. The van der Waals surface area contributed by atoms with Gasteiger partial charge in [-0.2, -0.15) is 0 Å². The Bertz CT molecular complexity index is 354. The first-order chi connectivity index (χ1) is 8.65. The molecule has 0 saturated heterocycles. The molecule has 0 aliphatic carbocycles. The predicted molar refractivity (Wildman–Crippen MR) is 74.4 cm³/mol. The summed E-state index contributed by atoms with van der Waals surface area (Å²) >= 11 is 5.91. The van der Waals surface area contributed by atoms with E-state index >= 15 is 0 Å². The summed E-state index contributed by atoms with van der Waals surface area (Å²) in [5.74, 6) is -0.365. The zero-order valence-electron chi connectivity index (χ0n) is 11.0. The van der Waals surface area contributed by atoms with Crippen molar-refractivity contribution in [3.8, 4) is 0 Å². The normalized spacial score (nSPS) is 12.7. The van der Waals surface area contributed by atoms with E-state index in [0.29, 0.717) is 17.0 Å².